The van der Waals surface area contributed by atoms with E-state index < -0.39 is 0 Å². The fraction of sp³-hybridized carbons (Fsp3) is 0.182. The summed E-state index contributed by atoms with van der Waals surface area (Å²) in [5.41, 5.74) is 14.2. The second kappa shape index (κ2) is 6.71. The lowest BCUT2D eigenvalue weighted by Crippen LogP contribution is -2.03. The molecule has 4 rings (SSSR count). The molecule has 0 unspecified atom stereocenters. The molecule has 4 aromatic rings. The molecule has 5 heteroatoms. The number of pyridine rings is 1. The fourth-order valence-corrected chi connectivity index (χ4v) is 3.79. The van der Waals surface area contributed by atoms with E-state index in [-0.39, 0.29) is 0 Å². The number of hydrogen-bond acceptors (Lipinski definition) is 4. The Labute approximate surface area is 163 Å². The number of benzene rings is 2. The number of nitrogens with two attached hydrogens (primary N) is 1. The number of nitrogens with zero attached hydrogens (tertiary/aromatic N) is 2. The molecule has 136 valence electrons. The molecular formula is C22H20ClN3O. The minimum absolute atomic E-state index is 0.691. The van der Waals surface area contributed by atoms with Crippen molar-refractivity contribution < 1.29 is 4.52 Å². The van der Waals surface area contributed by atoms with Gasteiger partial charge in [0.15, 0.2) is 0 Å². The average molecular weight is 378 g/mol. The van der Waals surface area contributed by atoms with Crippen LogP contribution in [0.4, 0.5) is 5.69 Å². The van der Waals surface area contributed by atoms with E-state index in [0.29, 0.717) is 6.42 Å². The minimum Gasteiger partial charge on any atom is -0.398 e. The molecule has 0 amide bonds. The van der Waals surface area contributed by atoms with Gasteiger partial charge in [0.05, 0.1) is 11.2 Å². The molecule has 27 heavy (non-hydrogen) atoms. The van der Waals surface area contributed by atoms with Crippen molar-refractivity contribution in [1.29, 1.82) is 0 Å². The molecule has 0 aliphatic carbocycles. The number of aromatic nitrogens is 2. The van der Waals surface area contributed by atoms with Crippen molar-refractivity contribution in [2.75, 3.05) is 5.73 Å². The van der Waals surface area contributed by atoms with Crippen LogP contribution < -0.4 is 5.73 Å². The van der Waals surface area contributed by atoms with Crippen molar-refractivity contribution in [3.05, 3.63) is 75.8 Å². The second-order valence-electron chi connectivity index (χ2n) is 6.83. The first-order valence-corrected chi connectivity index (χ1v) is 9.18. The van der Waals surface area contributed by atoms with Gasteiger partial charge < -0.3 is 10.3 Å². The Morgan fingerprint density at radius 2 is 1.85 bits per heavy atom. The first-order chi connectivity index (χ1) is 12.9. The van der Waals surface area contributed by atoms with Crippen LogP contribution in [-0.2, 0) is 6.42 Å². The number of aryl methyl sites for hydroxylation is 3. The highest BCUT2D eigenvalue weighted by atomic mass is 35.5. The molecule has 0 saturated carbocycles. The van der Waals surface area contributed by atoms with Crippen LogP contribution in [0.3, 0.4) is 0 Å². The van der Waals surface area contributed by atoms with Gasteiger partial charge >= 0.3 is 0 Å². The normalized spacial score (nSPS) is 11.3. The first kappa shape index (κ1) is 17.6. The van der Waals surface area contributed by atoms with Crippen LogP contribution in [0.1, 0.15) is 28.3 Å². The maximum atomic E-state index is 6.59. The highest BCUT2D eigenvalue weighted by Gasteiger charge is 2.15. The summed E-state index contributed by atoms with van der Waals surface area (Å²) in [5.74, 6) is 0.796. The van der Waals surface area contributed by atoms with Gasteiger partial charge in [-0.3, -0.25) is 4.98 Å². The quantitative estimate of drug-likeness (QED) is 0.501. The minimum atomic E-state index is 0.691. The SMILES string of the molecule is Cc1nc2ccc(-c3c(C)noc3C)cc2c(N)c1Cc1cccc(Cl)c1. The third-order valence-electron chi connectivity index (χ3n) is 4.93. The zero-order valence-corrected chi connectivity index (χ0v) is 16.3. The smallest absolute Gasteiger partial charge is 0.141 e. The first-order valence-electron chi connectivity index (χ1n) is 8.80. The van der Waals surface area contributed by atoms with Crippen molar-refractivity contribution in [1.82, 2.24) is 10.1 Å². The molecule has 4 nitrogen and oxygen atoms in total. The molecule has 0 aliphatic rings. The van der Waals surface area contributed by atoms with Crippen LogP contribution in [0.5, 0.6) is 0 Å². The third-order valence-corrected chi connectivity index (χ3v) is 5.16. The predicted molar refractivity (Wildman–Crippen MR) is 110 cm³/mol. The fourth-order valence-electron chi connectivity index (χ4n) is 3.58. The summed E-state index contributed by atoms with van der Waals surface area (Å²) in [5, 5.41) is 5.72. The standard InChI is InChI=1S/C22H20ClN3O/c1-12-18(10-15-5-4-6-17(23)9-15)22(24)19-11-16(7-8-20(19)25-12)21-13(2)26-27-14(21)3/h4-9,11H,10H2,1-3H3,(H2,24,25). The number of fused-ring (bicyclic) bond motifs is 1. The molecule has 0 bridgehead atoms. The summed E-state index contributed by atoms with van der Waals surface area (Å²) in [4.78, 5) is 4.77. The Kier molecular flexibility index (Phi) is 4.36. The number of rotatable bonds is 3. The van der Waals surface area contributed by atoms with E-state index in [1.165, 1.54) is 0 Å². The van der Waals surface area contributed by atoms with Gasteiger partial charge in [-0.2, -0.15) is 0 Å². The average Bonchev–Trinajstić information content (AvgIpc) is 2.97. The van der Waals surface area contributed by atoms with E-state index in [1.54, 1.807) is 0 Å². The lowest BCUT2D eigenvalue weighted by atomic mass is 9.96. The molecule has 0 fully saturated rings. The highest BCUT2D eigenvalue weighted by Crippen LogP contribution is 2.33. The molecule has 2 heterocycles. The van der Waals surface area contributed by atoms with Crippen molar-refractivity contribution in [2.24, 2.45) is 0 Å². The lowest BCUT2D eigenvalue weighted by Gasteiger charge is -2.13. The van der Waals surface area contributed by atoms with Crippen molar-refractivity contribution in [3.8, 4) is 11.1 Å². The van der Waals surface area contributed by atoms with Crippen LogP contribution in [0.15, 0.2) is 47.0 Å². The number of halogens is 1. The van der Waals surface area contributed by atoms with Gasteiger partial charge in [0.2, 0.25) is 0 Å². The molecule has 0 radical (unpaired) electrons. The van der Waals surface area contributed by atoms with Crippen LogP contribution in [-0.4, -0.2) is 10.1 Å². The summed E-state index contributed by atoms with van der Waals surface area (Å²) in [6.45, 7) is 5.86. The van der Waals surface area contributed by atoms with Crippen LogP contribution >= 0.6 is 11.6 Å². The largest absolute Gasteiger partial charge is 0.398 e. The molecule has 2 aromatic heterocycles. The van der Waals surface area contributed by atoms with Crippen molar-refractivity contribution in [3.63, 3.8) is 0 Å². The van der Waals surface area contributed by atoms with Gasteiger partial charge in [0, 0.05) is 39.3 Å². The van der Waals surface area contributed by atoms with E-state index >= 15 is 0 Å². The number of hydrogen-bond donors (Lipinski definition) is 1. The summed E-state index contributed by atoms with van der Waals surface area (Å²) in [7, 11) is 0. The predicted octanol–water partition coefficient (Wildman–Crippen LogP) is 5.64. The van der Waals surface area contributed by atoms with Crippen LogP contribution in [0.25, 0.3) is 22.0 Å². The van der Waals surface area contributed by atoms with Crippen molar-refractivity contribution in [2.45, 2.75) is 27.2 Å². The number of anilines is 1. The Morgan fingerprint density at radius 1 is 1.04 bits per heavy atom. The molecular weight excluding hydrogens is 358 g/mol. The summed E-state index contributed by atoms with van der Waals surface area (Å²) < 4.78 is 5.32. The zero-order chi connectivity index (χ0) is 19.1. The topological polar surface area (TPSA) is 64.9 Å². The van der Waals surface area contributed by atoms with E-state index in [4.69, 9.17) is 26.8 Å². The van der Waals surface area contributed by atoms with Crippen molar-refractivity contribution >= 4 is 28.2 Å². The van der Waals surface area contributed by atoms with Crippen LogP contribution in [0.2, 0.25) is 5.02 Å². The van der Waals surface area contributed by atoms with Gasteiger partial charge in [-0.15, -0.1) is 0 Å². The van der Waals surface area contributed by atoms with Gasteiger partial charge in [0.1, 0.15) is 5.76 Å². The van der Waals surface area contributed by atoms with E-state index in [1.807, 2.05) is 51.1 Å². The molecule has 0 aliphatic heterocycles. The van der Waals surface area contributed by atoms with E-state index in [0.717, 1.165) is 61.0 Å². The van der Waals surface area contributed by atoms with Gasteiger partial charge in [-0.05, 0) is 56.2 Å². The summed E-state index contributed by atoms with van der Waals surface area (Å²) in [6, 6.07) is 14.0. The molecule has 0 atom stereocenters. The molecule has 2 N–H and O–H groups in total. The Balaban J connectivity index is 1.86. The maximum Gasteiger partial charge on any atom is 0.141 e. The lowest BCUT2D eigenvalue weighted by molar-refractivity contribution is 0.393. The Morgan fingerprint density at radius 3 is 2.56 bits per heavy atom. The number of nitrogen functional groups attached to an aromatic ring is 1. The Bertz CT molecular complexity index is 1140. The molecule has 0 saturated heterocycles. The van der Waals surface area contributed by atoms with Gasteiger partial charge in [0.25, 0.3) is 0 Å². The second-order valence-corrected chi connectivity index (χ2v) is 7.26. The summed E-state index contributed by atoms with van der Waals surface area (Å²) >= 11 is 6.13. The summed E-state index contributed by atoms with van der Waals surface area (Å²) in [6.07, 6.45) is 0.691. The van der Waals surface area contributed by atoms with Crippen LogP contribution in [0, 0.1) is 20.8 Å². The highest BCUT2D eigenvalue weighted by molar-refractivity contribution is 6.30. The van der Waals surface area contributed by atoms with E-state index in [9.17, 15) is 0 Å². The molecule has 2 aromatic carbocycles. The third kappa shape index (κ3) is 3.17. The zero-order valence-electron chi connectivity index (χ0n) is 15.5. The van der Waals surface area contributed by atoms with Gasteiger partial charge in [-0.25, -0.2) is 0 Å². The van der Waals surface area contributed by atoms with E-state index in [2.05, 4.69) is 17.3 Å². The Hall–Kier alpha value is -2.85. The van der Waals surface area contributed by atoms with Gasteiger partial charge in [-0.1, -0.05) is 35.0 Å². The monoisotopic (exact) mass is 377 g/mol. The molecule has 0 spiro atoms. The maximum absolute atomic E-state index is 6.59.